The van der Waals surface area contributed by atoms with Crippen LogP contribution in [0.3, 0.4) is 0 Å². The first-order valence-electron chi connectivity index (χ1n) is 5.95. The zero-order valence-corrected chi connectivity index (χ0v) is 13.7. The highest BCUT2D eigenvalue weighted by atomic mass is 79.9. The Hall–Kier alpha value is -1.10. The second-order valence-corrected chi connectivity index (χ2v) is 6.10. The van der Waals surface area contributed by atoms with E-state index in [0.29, 0.717) is 10.9 Å². The fraction of sp³-hybridized carbons (Fsp3) is 0.143. The molecule has 0 saturated carbocycles. The number of rotatable bonds is 2. The molecule has 0 N–H and O–H groups in total. The van der Waals surface area contributed by atoms with Crippen LogP contribution in [0, 0.1) is 6.92 Å². The van der Waals surface area contributed by atoms with Gasteiger partial charge in [0.05, 0.1) is 16.6 Å². The largest absolute Gasteiger partial charge is 0.280 e. The molecular weight excluding hydrogens is 361 g/mol. The van der Waals surface area contributed by atoms with Crippen molar-refractivity contribution in [2.45, 2.75) is 12.8 Å². The van der Waals surface area contributed by atoms with Gasteiger partial charge in [-0.3, -0.25) is 4.57 Å². The molecule has 0 aliphatic heterocycles. The predicted octanol–water partition coefficient (Wildman–Crippen LogP) is 4.88. The molecule has 2 heterocycles. The Morgan fingerprint density at radius 1 is 1.25 bits per heavy atom. The van der Waals surface area contributed by atoms with Crippen LogP contribution in [0.15, 0.2) is 34.9 Å². The Balaban J connectivity index is 2.33. The molecule has 2 aromatic heterocycles. The fourth-order valence-electron chi connectivity index (χ4n) is 2.19. The van der Waals surface area contributed by atoms with Crippen LogP contribution in [0.25, 0.3) is 16.9 Å². The van der Waals surface area contributed by atoms with E-state index in [2.05, 4.69) is 32.0 Å². The number of halogens is 3. The van der Waals surface area contributed by atoms with E-state index in [9.17, 15) is 0 Å². The number of alkyl halides is 1. The SMILES string of the molecule is Cc1cc(Br)cc(-n2c(CCl)nc3cc(Cl)cnc32)c1. The van der Waals surface area contributed by atoms with Gasteiger partial charge in [0.1, 0.15) is 11.3 Å². The first kappa shape index (κ1) is 13.9. The molecule has 3 nitrogen and oxygen atoms in total. The number of benzene rings is 1. The van der Waals surface area contributed by atoms with Crippen molar-refractivity contribution in [3.05, 3.63) is 51.3 Å². The highest BCUT2D eigenvalue weighted by molar-refractivity contribution is 9.10. The van der Waals surface area contributed by atoms with Gasteiger partial charge < -0.3 is 0 Å². The molecule has 0 amide bonds. The van der Waals surface area contributed by atoms with Crippen molar-refractivity contribution < 1.29 is 0 Å². The predicted molar refractivity (Wildman–Crippen MR) is 85.9 cm³/mol. The van der Waals surface area contributed by atoms with Crippen molar-refractivity contribution in [1.29, 1.82) is 0 Å². The third-order valence-corrected chi connectivity index (χ3v) is 3.84. The van der Waals surface area contributed by atoms with E-state index in [1.807, 2.05) is 23.6 Å². The Kier molecular flexibility index (Phi) is 3.71. The topological polar surface area (TPSA) is 30.7 Å². The number of nitrogens with zero attached hydrogens (tertiary/aromatic N) is 3. The number of hydrogen-bond donors (Lipinski definition) is 0. The molecule has 0 aliphatic rings. The molecule has 0 spiro atoms. The fourth-order valence-corrected chi connectivity index (χ4v) is 3.12. The summed E-state index contributed by atoms with van der Waals surface area (Å²) in [6, 6.07) is 7.92. The number of aryl methyl sites for hydroxylation is 1. The molecule has 0 fully saturated rings. The van der Waals surface area contributed by atoms with Crippen molar-refractivity contribution in [3.8, 4) is 5.69 Å². The average molecular weight is 371 g/mol. The molecule has 0 radical (unpaired) electrons. The third kappa shape index (κ3) is 2.43. The maximum Gasteiger partial charge on any atom is 0.164 e. The summed E-state index contributed by atoms with van der Waals surface area (Å²) in [7, 11) is 0. The van der Waals surface area contributed by atoms with E-state index in [1.165, 1.54) is 0 Å². The van der Waals surface area contributed by atoms with E-state index in [-0.39, 0.29) is 0 Å². The van der Waals surface area contributed by atoms with Crippen LogP contribution in [0.4, 0.5) is 0 Å². The van der Waals surface area contributed by atoms with Gasteiger partial charge in [0.2, 0.25) is 0 Å². The summed E-state index contributed by atoms with van der Waals surface area (Å²) in [5.41, 5.74) is 3.61. The quantitative estimate of drug-likeness (QED) is 0.601. The van der Waals surface area contributed by atoms with E-state index in [1.54, 1.807) is 12.3 Å². The standard InChI is InChI=1S/C14H10BrCl2N3/c1-8-2-9(15)4-11(3-8)20-13(6-16)19-12-5-10(17)7-18-14(12)20/h2-5,7H,6H2,1H3. The molecule has 102 valence electrons. The minimum absolute atomic E-state index is 0.305. The molecular formula is C14H10BrCl2N3. The van der Waals surface area contributed by atoms with Gasteiger partial charge in [-0.15, -0.1) is 11.6 Å². The molecule has 3 aromatic rings. The second kappa shape index (κ2) is 5.35. The summed E-state index contributed by atoms with van der Waals surface area (Å²) in [5, 5.41) is 0.564. The van der Waals surface area contributed by atoms with Crippen LogP contribution in [0.5, 0.6) is 0 Å². The van der Waals surface area contributed by atoms with Crippen molar-refractivity contribution in [3.63, 3.8) is 0 Å². The number of imidazole rings is 1. The van der Waals surface area contributed by atoms with Gasteiger partial charge in [-0.05, 0) is 36.8 Å². The molecule has 0 bridgehead atoms. The van der Waals surface area contributed by atoms with Crippen molar-refractivity contribution in [2.75, 3.05) is 0 Å². The van der Waals surface area contributed by atoms with E-state index < -0.39 is 0 Å². The molecule has 0 unspecified atom stereocenters. The first-order chi connectivity index (χ1) is 9.58. The van der Waals surface area contributed by atoms with E-state index in [4.69, 9.17) is 23.2 Å². The summed E-state index contributed by atoms with van der Waals surface area (Å²) in [5.74, 6) is 1.05. The Morgan fingerprint density at radius 3 is 2.75 bits per heavy atom. The van der Waals surface area contributed by atoms with Crippen molar-refractivity contribution >= 4 is 50.3 Å². The maximum absolute atomic E-state index is 6.02. The minimum atomic E-state index is 0.305. The average Bonchev–Trinajstić information content (AvgIpc) is 2.74. The van der Waals surface area contributed by atoms with Gasteiger partial charge in [0.25, 0.3) is 0 Å². The molecule has 0 saturated heterocycles. The zero-order chi connectivity index (χ0) is 14.3. The Morgan fingerprint density at radius 2 is 2.05 bits per heavy atom. The van der Waals surface area contributed by atoms with Crippen LogP contribution in [0.2, 0.25) is 5.02 Å². The van der Waals surface area contributed by atoms with Gasteiger partial charge in [-0.1, -0.05) is 27.5 Å². The molecule has 0 aliphatic carbocycles. The highest BCUT2D eigenvalue weighted by Gasteiger charge is 2.14. The zero-order valence-electron chi connectivity index (χ0n) is 10.6. The lowest BCUT2D eigenvalue weighted by molar-refractivity contribution is 0.967. The Bertz CT molecular complexity index is 778. The lowest BCUT2D eigenvalue weighted by atomic mass is 10.2. The molecule has 1 aromatic carbocycles. The lowest BCUT2D eigenvalue weighted by Gasteiger charge is -2.09. The van der Waals surface area contributed by atoms with Crippen LogP contribution in [-0.2, 0) is 5.88 Å². The van der Waals surface area contributed by atoms with Gasteiger partial charge in [0.15, 0.2) is 5.65 Å². The number of pyridine rings is 1. The number of fused-ring (bicyclic) bond motifs is 1. The summed E-state index contributed by atoms with van der Waals surface area (Å²) in [4.78, 5) is 8.88. The van der Waals surface area contributed by atoms with Crippen molar-refractivity contribution in [2.24, 2.45) is 0 Å². The summed E-state index contributed by atoms with van der Waals surface area (Å²) < 4.78 is 2.96. The van der Waals surface area contributed by atoms with Crippen LogP contribution >= 0.6 is 39.1 Å². The van der Waals surface area contributed by atoms with Crippen LogP contribution in [0.1, 0.15) is 11.4 Å². The smallest absolute Gasteiger partial charge is 0.164 e. The van der Waals surface area contributed by atoms with Crippen LogP contribution < -0.4 is 0 Å². The summed E-state index contributed by atoms with van der Waals surface area (Å²) in [6.45, 7) is 2.04. The van der Waals surface area contributed by atoms with Gasteiger partial charge in [0, 0.05) is 10.7 Å². The van der Waals surface area contributed by atoms with Gasteiger partial charge >= 0.3 is 0 Å². The molecule has 0 atom stereocenters. The van der Waals surface area contributed by atoms with Gasteiger partial charge in [-0.25, -0.2) is 9.97 Å². The number of aromatic nitrogens is 3. The minimum Gasteiger partial charge on any atom is -0.280 e. The first-order valence-corrected chi connectivity index (χ1v) is 7.65. The number of hydrogen-bond acceptors (Lipinski definition) is 2. The maximum atomic E-state index is 6.02. The molecule has 20 heavy (non-hydrogen) atoms. The molecule has 6 heteroatoms. The van der Waals surface area contributed by atoms with Crippen molar-refractivity contribution in [1.82, 2.24) is 14.5 Å². The second-order valence-electron chi connectivity index (χ2n) is 4.48. The van der Waals surface area contributed by atoms with E-state index in [0.717, 1.165) is 32.7 Å². The normalized spacial score (nSPS) is 11.2. The third-order valence-electron chi connectivity index (χ3n) is 2.94. The van der Waals surface area contributed by atoms with E-state index >= 15 is 0 Å². The summed E-state index contributed by atoms with van der Waals surface area (Å²) >= 11 is 15.5. The highest BCUT2D eigenvalue weighted by Crippen LogP contribution is 2.26. The summed E-state index contributed by atoms with van der Waals surface area (Å²) in [6.07, 6.45) is 1.62. The lowest BCUT2D eigenvalue weighted by Crippen LogP contribution is -2.00. The van der Waals surface area contributed by atoms with Gasteiger partial charge in [-0.2, -0.15) is 0 Å². The monoisotopic (exact) mass is 369 g/mol. The molecule has 3 rings (SSSR count). The van der Waals surface area contributed by atoms with Crippen LogP contribution in [-0.4, -0.2) is 14.5 Å². The Labute approximate surface area is 134 Å².